The third-order valence-electron chi connectivity index (χ3n) is 4.74. The molecule has 0 radical (unpaired) electrons. The Hall–Kier alpha value is -4.14. The molecule has 33 heavy (non-hydrogen) atoms. The van der Waals surface area contributed by atoms with Gasteiger partial charge in [0.2, 0.25) is 0 Å². The number of cyclic esters (lactones) is 1. The van der Waals surface area contributed by atoms with Crippen LogP contribution < -0.4 is 4.74 Å². The lowest BCUT2D eigenvalue weighted by Crippen LogP contribution is -2.36. The van der Waals surface area contributed by atoms with Crippen molar-refractivity contribution >= 4 is 24.1 Å². The Labute approximate surface area is 190 Å². The number of aliphatic hydroxyl groups excluding tert-OH is 1. The smallest absolute Gasteiger partial charge is 0.344 e. The van der Waals surface area contributed by atoms with Crippen LogP contribution in [0.25, 0.3) is 0 Å². The lowest BCUT2D eigenvalue weighted by Gasteiger charge is -2.27. The van der Waals surface area contributed by atoms with E-state index in [2.05, 4.69) is 4.99 Å². The molecular weight excluding hydrogens is 430 g/mol. The standard InChI is InChI=1S/C24H23NO8/c1-4-31-22(28)19(14-25-13-16-9-11-17(30-3)12-10-16)21(27)24(32-15(2)26)20-8-6-5-7-18(20)23(29)33-24/h5-12,14,27H,4,13H2,1-3H3/b21-19-,25-14?. The van der Waals surface area contributed by atoms with E-state index in [9.17, 15) is 19.5 Å². The van der Waals surface area contributed by atoms with Crippen LogP contribution in [0.4, 0.5) is 0 Å². The Morgan fingerprint density at radius 2 is 1.85 bits per heavy atom. The molecule has 172 valence electrons. The molecule has 2 aromatic carbocycles. The molecule has 2 aromatic rings. The summed E-state index contributed by atoms with van der Waals surface area (Å²) >= 11 is 0. The fourth-order valence-electron chi connectivity index (χ4n) is 3.26. The minimum Gasteiger partial charge on any atom is -0.504 e. The topological polar surface area (TPSA) is 121 Å². The number of aliphatic imine (C=N–C) groups is 1. The largest absolute Gasteiger partial charge is 0.504 e. The van der Waals surface area contributed by atoms with Crippen molar-refractivity contribution in [1.29, 1.82) is 0 Å². The van der Waals surface area contributed by atoms with E-state index in [0.29, 0.717) is 5.75 Å². The zero-order chi connectivity index (χ0) is 24.0. The number of carbonyl (C=O) groups excluding carboxylic acids is 3. The van der Waals surface area contributed by atoms with E-state index in [4.69, 9.17) is 18.9 Å². The second-order valence-electron chi connectivity index (χ2n) is 6.95. The van der Waals surface area contributed by atoms with Crippen molar-refractivity contribution in [2.24, 2.45) is 4.99 Å². The van der Waals surface area contributed by atoms with Crippen molar-refractivity contribution in [3.8, 4) is 5.75 Å². The first-order chi connectivity index (χ1) is 15.8. The Balaban J connectivity index is 2.06. The lowest BCUT2D eigenvalue weighted by molar-refractivity contribution is -0.203. The molecule has 1 aliphatic rings. The van der Waals surface area contributed by atoms with Crippen LogP contribution in [0.3, 0.4) is 0 Å². The molecule has 0 saturated carbocycles. The van der Waals surface area contributed by atoms with Crippen molar-refractivity contribution in [2.75, 3.05) is 13.7 Å². The number of rotatable bonds is 8. The summed E-state index contributed by atoms with van der Waals surface area (Å²) in [6.45, 7) is 2.86. The van der Waals surface area contributed by atoms with Crippen molar-refractivity contribution in [3.05, 3.63) is 76.6 Å². The highest BCUT2D eigenvalue weighted by molar-refractivity contribution is 6.10. The number of fused-ring (bicyclic) bond motifs is 1. The van der Waals surface area contributed by atoms with Crippen LogP contribution in [0, 0.1) is 0 Å². The van der Waals surface area contributed by atoms with E-state index in [0.717, 1.165) is 18.7 Å². The molecule has 0 aliphatic carbocycles. The fraction of sp³-hybridized carbons (Fsp3) is 0.250. The van der Waals surface area contributed by atoms with Gasteiger partial charge in [0, 0.05) is 13.1 Å². The number of methoxy groups -OCH3 is 1. The summed E-state index contributed by atoms with van der Waals surface area (Å²) in [7, 11) is 1.55. The van der Waals surface area contributed by atoms with Gasteiger partial charge in [-0.15, -0.1) is 0 Å². The molecule has 0 amide bonds. The summed E-state index contributed by atoms with van der Waals surface area (Å²) in [4.78, 5) is 41.2. The predicted octanol–water partition coefficient (Wildman–Crippen LogP) is 3.23. The van der Waals surface area contributed by atoms with Crippen LogP contribution in [0.2, 0.25) is 0 Å². The number of esters is 3. The van der Waals surface area contributed by atoms with Crippen molar-refractivity contribution in [1.82, 2.24) is 0 Å². The van der Waals surface area contributed by atoms with Gasteiger partial charge in [-0.25, -0.2) is 9.59 Å². The maximum atomic E-state index is 12.7. The monoisotopic (exact) mass is 453 g/mol. The molecular formula is C24H23NO8. The summed E-state index contributed by atoms with van der Waals surface area (Å²) in [6, 6.07) is 13.2. The quantitative estimate of drug-likeness (QED) is 0.280. The molecule has 0 spiro atoms. The number of benzene rings is 2. The van der Waals surface area contributed by atoms with Crippen LogP contribution in [0.5, 0.6) is 5.75 Å². The molecule has 0 aromatic heterocycles. The molecule has 0 saturated heterocycles. The molecule has 1 unspecified atom stereocenters. The number of aliphatic hydroxyl groups is 1. The highest BCUT2D eigenvalue weighted by atomic mass is 16.7. The Kier molecular flexibility index (Phi) is 7.12. The van der Waals surface area contributed by atoms with Crippen LogP contribution in [0.1, 0.15) is 35.3 Å². The summed E-state index contributed by atoms with van der Waals surface area (Å²) in [5.74, 6) is -5.08. The van der Waals surface area contributed by atoms with Gasteiger partial charge in [0.1, 0.15) is 11.3 Å². The molecule has 1 atom stereocenters. The first-order valence-corrected chi connectivity index (χ1v) is 10.1. The van der Waals surface area contributed by atoms with Gasteiger partial charge in [-0.05, 0) is 36.8 Å². The number of hydrogen-bond donors (Lipinski definition) is 1. The van der Waals surface area contributed by atoms with Gasteiger partial charge in [0.15, 0.2) is 5.76 Å². The zero-order valence-corrected chi connectivity index (χ0v) is 18.4. The molecule has 3 rings (SSSR count). The summed E-state index contributed by atoms with van der Waals surface area (Å²) in [5.41, 5.74) is 0.551. The van der Waals surface area contributed by atoms with Gasteiger partial charge in [0.05, 0.1) is 31.4 Å². The van der Waals surface area contributed by atoms with E-state index in [1.54, 1.807) is 50.4 Å². The van der Waals surface area contributed by atoms with E-state index < -0.39 is 35.0 Å². The van der Waals surface area contributed by atoms with Crippen molar-refractivity contribution in [3.63, 3.8) is 0 Å². The Morgan fingerprint density at radius 3 is 2.48 bits per heavy atom. The number of carbonyl (C=O) groups is 3. The van der Waals surface area contributed by atoms with Gasteiger partial charge in [-0.2, -0.15) is 0 Å². The van der Waals surface area contributed by atoms with Crippen LogP contribution in [0.15, 0.2) is 64.9 Å². The van der Waals surface area contributed by atoms with Gasteiger partial charge >= 0.3 is 23.7 Å². The number of ether oxygens (including phenoxy) is 4. The predicted molar refractivity (Wildman–Crippen MR) is 117 cm³/mol. The third kappa shape index (κ3) is 4.87. The molecule has 1 N–H and O–H groups in total. The minimum atomic E-state index is -2.34. The first-order valence-electron chi connectivity index (χ1n) is 10.1. The molecule has 0 bridgehead atoms. The number of hydrogen-bond acceptors (Lipinski definition) is 9. The Bertz CT molecular complexity index is 1120. The average Bonchev–Trinajstić information content (AvgIpc) is 3.09. The van der Waals surface area contributed by atoms with Crippen LogP contribution >= 0.6 is 0 Å². The Morgan fingerprint density at radius 1 is 1.15 bits per heavy atom. The molecule has 1 aliphatic heterocycles. The molecule has 9 heteroatoms. The summed E-state index contributed by atoms with van der Waals surface area (Å²) < 4.78 is 20.8. The second-order valence-corrected chi connectivity index (χ2v) is 6.95. The first kappa shape index (κ1) is 23.5. The van der Waals surface area contributed by atoms with Crippen molar-refractivity contribution in [2.45, 2.75) is 26.2 Å². The van der Waals surface area contributed by atoms with Crippen molar-refractivity contribution < 1.29 is 38.4 Å². The second kappa shape index (κ2) is 9.99. The third-order valence-corrected chi connectivity index (χ3v) is 4.74. The number of nitrogens with zero attached hydrogens (tertiary/aromatic N) is 1. The van der Waals surface area contributed by atoms with E-state index in [1.165, 1.54) is 12.1 Å². The van der Waals surface area contributed by atoms with Gasteiger partial charge in [-0.3, -0.25) is 9.79 Å². The lowest BCUT2D eigenvalue weighted by atomic mass is 9.98. The average molecular weight is 453 g/mol. The minimum absolute atomic E-state index is 0.0128. The fourth-order valence-corrected chi connectivity index (χ4v) is 3.26. The van der Waals surface area contributed by atoms with Crippen LogP contribution in [-0.4, -0.2) is 42.9 Å². The van der Waals surface area contributed by atoms with Gasteiger partial charge in [-0.1, -0.05) is 24.3 Å². The zero-order valence-electron chi connectivity index (χ0n) is 18.4. The molecule has 9 nitrogen and oxygen atoms in total. The van der Waals surface area contributed by atoms with Crippen LogP contribution in [-0.2, 0) is 36.1 Å². The highest BCUT2D eigenvalue weighted by Crippen LogP contribution is 2.43. The summed E-state index contributed by atoms with van der Waals surface area (Å²) in [5, 5.41) is 11.2. The SMILES string of the molecule is CCOC(=O)/C(C=NCc1ccc(OC)cc1)=C(\O)C1(OC(C)=O)OC(=O)c2ccccc21. The van der Waals surface area contributed by atoms with Gasteiger partial charge in [0.25, 0.3) is 0 Å². The molecule has 0 fully saturated rings. The molecule has 1 heterocycles. The summed E-state index contributed by atoms with van der Waals surface area (Å²) in [6.07, 6.45) is 1.09. The van der Waals surface area contributed by atoms with Gasteiger partial charge < -0.3 is 24.1 Å². The van der Waals surface area contributed by atoms with E-state index >= 15 is 0 Å². The maximum absolute atomic E-state index is 12.7. The van der Waals surface area contributed by atoms with E-state index in [-0.39, 0.29) is 24.3 Å². The highest BCUT2D eigenvalue weighted by Gasteiger charge is 2.54. The maximum Gasteiger partial charge on any atom is 0.344 e. The normalized spacial score (nSPS) is 17.7. The van der Waals surface area contributed by atoms with E-state index in [1.807, 2.05) is 0 Å².